The molecule has 0 saturated carbocycles. The van der Waals surface area contributed by atoms with Gasteiger partial charge in [0.2, 0.25) is 0 Å². The van der Waals surface area contributed by atoms with E-state index < -0.39 is 0 Å². The normalized spacial score (nSPS) is 13.0. The predicted molar refractivity (Wildman–Crippen MR) is 83.5 cm³/mol. The van der Waals surface area contributed by atoms with E-state index in [0.717, 1.165) is 6.54 Å². The summed E-state index contributed by atoms with van der Waals surface area (Å²) in [7, 11) is 0. The number of aryl methyl sites for hydroxylation is 2. The van der Waals surface area contributed by atoms with Gasteiger partial charge in [0.15, 0.2) is 0 Å². The maximum Gasteiger partial charge on any atom is 0.00965 e. The van der Waals surface area contributed by atoms with Gasteiger partial charge < -0.3 is 5.32 Å². The molecule has 0 saturated heterocycles. The molecule has 0 aromatic carbocycles. The molecule has 0 bridgehead atoms. The first-order valence-electron chi connectivity index (χ1n) is 6.98. The van der Waals surface area contributed by atoms with Gasteiger partial charge in [-0.25, -0.2) is 0 Å². The first-order valence-corrected chi connectivity index (χ1v) is 7.86. The Morgan fingerprint density at radius 1 is 1.11 bits per heavy atom. The van der Waals surface area contributed by atoms with Crippen molar-refractivity contribution in [2.45, 2.75) is 66.3 Å². The van der Waals surface area contributed by atoms with Gasteiger partial charge >= 0.3 is 0 Å². The fraction of sp³-hybridized carbons (Fsp3) is 0.750. The smallest absolute Gasteiger partial charge is 0.00965 e. The van der Waals surface area contributed by atoms with Gasteiger partial charge in [-0.2, -0.15) is 0 Å². The monoisotopic (exact) mass is 267 g/mol. The second kappa shape index (κ2) is 6.21. The van der Waals surface area contributed by atoms with Crippen molar-refractivity contribution >= 4 is 11.3 Å². The topological polar surface area (TPSA) is 12.0 Å². The summed E-state index contributed by atoms with van der Waals surface area (Å²) < 4.78 is 0. The molecule has 1 rings (SSSR count). The lowest BCUT2D eigenvalue weighted by atomic mass is 9.83. The van der Waals surface area contributed by atoms with Gasteiger partial charge in [-0.15, -0.1) is 11.3 Å². The third-order valence-corrected chi connectivity index (χ3v) is 4.54. The maximum atomic E-state index is 3.59. The molecule has 2 heteroatoms. The summed E-state index contributed by atoms with van der Waals surface area (Å²) in [6.45, 7) is 14.8. The SMILES string of the molecule is Cc1ccsc1CCC(C)(C)CCNC(C)(C)C. The number of thiophene rings is 1. The van der Waals surface area contributed by atoms with E-state index in [0.29, 0.717) is 5.41 Å². The van der Waals surface area contributed by atoms with Crippen molar-refractivity contribution < 1.29 is 0 Å². The minimum absolute atomic E-state index is 0.237. The minimum atomic E-state index is 0.237. The lowest BCUT2D eigenvalue weighted by molar-refractivity contribution is 0.285. The summed E-state index contributed by atoms with van der Waals surface area (Å²) in [5.41, 5.74) is 2.12. The molecule has 1 nitrogen and oxygen atoms in total. The van der Waals surface area contributed by atoms with Crippen LogP contribution in [0.15, 0.2) is 11.4 Å². The highest BCUT2D eigenvalue weighted by molar-refractivity contribution is 7.10. The van der Waals surface area contributed by atoms with Gasteiger partial charge in [0.1, 0.15) is 0 Å². The van der Waals surface area contributed by atoms with Crippen LogP contribution in [-0.4, -0.2) is 12.1 Å². The van der Waals surface area contributed by atoms with Gasteiger partial charge in [-0.1, -0.05) is 13.8 Å². The second-order valence-corrected chi connectivity index (χ2v) is 8.12. The Balaban J connectivity index is 2.33. The molecule has 0 unspecified atom stereocenters. The lowest BCUT2D eigenvalue weighted by Crippen LogP contribution is -2.38. The van der Waals surface area contributed by atoms with Crippen LogP contribution in [0.4, 0.5) is 0 Å². The standard InChI is InChI=1S/C16H29NS/c1-13-8-12-18-14(13)7-9-16(5,6)10-11-17-15(2,3)4/h8,12,17H,7,9-11H2,1-6H3. The highest BCUT2D eigenvalue weighted by Crippen LogP contribution is 2.29. The zero-order chi connectivity index (χ0) is 13.8. The van der Waals surface area contributed by atoms with Crippen molar-refractivity contribution in [3.63, 3.8) is 0 Å². The van der Waals surface area contributed by atoms with Crippen molar-refractivity contribution in [3.05, 3.63) is 21.9 Å². The summed E-state index contributed by atoms with van der Waals surface area (Å²) >= 11 is 1.90. The molecule has 1 aromatic heterocycles. The molecule has 0 radical (unpaired) electrons. The van der Waals surface area contributed by atoms with E-state index in [4.69, 9.17) is 0 Å². The first kappa shape index (κ1) is 15.7. The Bertz CT molecular complexity index is 357. The zero-order valence-electron chi connectivity index (χ0n) is 12.9. The van der Waals surface area contributed by atoms with Gasteiger partial charge in [0.25, 0.3) is 0 Å². The summed E-state index contributed by atoms with van der Waals surface area (Å²) in [4.78, 5) is 1.56. The van der Waals surface area contributed by atoms with Gasteiger partial charge in [-0.3, -0.25) is 0 Å². The van der Waals surface area contributed by atoms with Crippen LogP contribution in [0.25, 0.3) is 0 Å². The average Bonchev–Trinajstić information content (AvgIpc) is 2.59. The van der Waals surface area contributed by atoms with E-state index in [1.165, 1.54) is 24.8 Å². The molecule has 104 valence electrons. The van der Waals surface area contributed by atoms with Gasteiger partial charge in [0, 0.05) is 10.4 Å². The Hall–Kier alpha value is -0.340. The molecule has 18 heavy (non-hydrogen) atoms. The van der Waals surface area contributed by atoms with Crippen LogP contribution in [0.2, 0.25) is 0 Å². The molecule has 0 spiro atoms. The molecule has 0 aliphatic carbocycles. The second-order valence-electron chi connectivity index (χ2n) is 7.12. The van der Waals surface area contributed by atoms with E-state index in [1.807, 2.05) is 11.3 Å². The molecule has 1 heterocycles. The van der Waals surface area contributed by atoms with E-state index >= 15 is 0 Å². The Morgan fingerprint density at radius 2 is 1.78 bits per heavy atom. The molecule has 0 aliphatic rings. The summed E-state index contributed by atoms with van der Waals surface area (Å²) in [5, 5.41) is 5.79. The van der Waals surface area contributed by atoms with Crippen molar-refractivity contribution in [3.8, 4) is 0 Å². The summed E-state index contributed by atoms with van der Waals surface area (Å²) in [6, 6.07) is 2.23. The summed E-state index contributed by atoms with van der Waals surface area (Å²) in [5.74, 6) is 0. The van der Waals surface area contributed by atoms with Crippen molar-refractivity contribution in [2.75, 3.05) is 6.54 Å². The quantitative estimate of drug-likeness (QED) is 0.781. The number of hydrogen-bond acceptors (Lipinski definition) is 2. The van der Waals surface area contributed by atoms with E-state index in [2.05, 4.69) is 58.3 Å². The first-order chi connectivity index (χ1) is 8.20. The van der Waals surface area contributed by atoms with Crippen molar-refractivity contribution in [2.24, 2.45) is 5.41 Å². The Kier molecular flexibility index (Phi) is 5.42. The molecular weight excluding hydrogens is 238 g/mol. The maximum absolute atomic E-state index is 3.59. The van der Waals surface area contributed by atoms with Crippen LogP contribution in [0.1, 0.15) is 57.9 Å². The lowest BCUT2D eigenvalue weighted by Gasteiger charge is -2.28. The third kappa shape index (κ3) is 6.01. The molecule has 0 fully saturated rings. The number of rotatable bonds is 6. The molecular formula is C16H29NS. The molecule has 1 aromatic rings. The zero-order valence-corrected chi connectivity index (χ0v) is 13.7. The van der Waals surface area contributed by atoms with Crippen LogP contribution in [-0.2, 0) is 6.42 Å². The molecule has 1 N–H and O–H groups in total. The van der Waals surface area contributed by atoms with E-state index in [1.54, 1.807) is 4.88 Å². The van der Waals surface area contributed by atoms with Gasteiger partial charge in [0.05, 0.1) is 0 Å². The number of hydrogen-bond donors (Lipinski definition) is 1. The van der Waals surface area contributed by atoms with Crippen molar-refractivity contribution in [1.29, 1.82) is 0 Å². The number of nitrogens with one attached hydrogen (secondary N) is 1. The van der Waals surface area contributed by atoms with Gasteiger partial charge in [-0.05, 0) is 75.9 Å². The molecule has 0 aliphatic heterocycles. The third-order valence-electron chi connectivity index (χ3n) is 3.45. The Labute approximate surface area is 117 Å². The summed E-state index contributed by atoms with van der Waals surface area (Å²) in [6.07, 6.45) is 3.75. The Morgan fingerprint density at radius 3 is 2.28 bits per heavy atom. The predicted octanol–water partition coefficient (Wildman–Crippen LogP) is 4.79. The van der Waals surface area contributed by atoms with Crippen LogP contribution in [0.3, 0.4) is 0 Å². The van der Waals surface area contributed by atoms with E-state index in [-0.39, 0.29) is 5.54 Å². The largest absolute Gasteiger partial charge is 0.312 e. The fourth-order valence-corrected chi connectivity index (χ4v) is 2.92. The highest BCUT2D eigenvalue weighted by Gasteiger charge is 2.19. The van der Waals surface area contributed by atoms with Crippen LogP contribution < -0.4 is 5.32 Å². The molecule has 0 atom stereocenters. The van der Waals surface area contributed by atoms with Crippen LogP contribution in [0.5, 0.6) is 0 Å². The van der Waals surface area contributed by atoms with E-state index in [9.17, 15) is 0 Å². The fourth-order valence-electron chi connectivity index (χ4n) is 2.01. The van der Waals surface area contributed by atoms with Crippen LogP contribution >= 0.6 is 11.3 Å². The minimum Gasteiger partial charge on any atom is -0.312 e. The average molecular weight is 267 g/mol. The van der Waals surface area contributed by atoms with Crippen molar-refractivity contribution in [1.82, 2.24) is 5.32 Å². The highest BCUT2D eigenvalue weighted by atomic mass is 32.1. The van der Waals surface area contributed by atoms with Crippen LogP contribution in [0, 0.1) is 12.3 Å². The molecule has 0 amide bonds.